The zero-order chi connectivity index (χ0) is 22.3. The first kappa shape index (κ1) is 22.8. The van der Waals surface area contributed by atoms with Crippen molar-refractivity contribution >= 4 is 28.4 Å². The Kier molecular flexibility index (Phi) is 7.85. The summed E-state index contributed by atoms with van der Waals surface area (Å²) in [4.78, 5) is 14.9. The predicted molar refractivity (Wildman–Crippen MR) is 130 cm³/mol. The highest BCUT2D eigenvalue weighted by Gasteiger charge is 2.25. The van der Waals surface area contributed by atoms with Crippen LogP contribution < -0.4 is 5.32 Å². The number of hydrogen-bond acceptors (Lipinski definition) is 3. The quantitative estimate of drug-likeness (QED) is 0.477. The Morgan fingerprint density at radius 2 is 1.84 bits per heavy atom. The molecule has 0 spiro atoms. The SMILES string of the molecule is COCCCNC(=O)C1CCN(Cc2cc3ccccc3n2Cc2ccc(Cl)cc2)CC1. The van der Waals surface area contributed by atoms with Crippen molar-refractivity contribution in [3.05, 3.63) is 70.9 Å². The number of hydrogen-bond donors (Lipinski definition) is 1. The maximum Gasteiger partial charge on any atom is 0.223 e. The third-order valence-corrected chi connectivity index (χ3v) is 6.57. The fourth-order valence-electron chi connectivity index (χ4n) is 4.51. The molecule has 0 saturated carbocycles. The van der Waals surface area contributed by atoms with Gasteiger partial charge in [-0.2, -0.15) is 0 Å². The molecule has 4 rings (SSSR count). The van der Waals surface area contributed by atoms with E-state index in [9.17, 15) is 4.79 Å². The first-order chi connectivity index (χ1) is 15.6. The summed E-state index contributed by atoms with van der Waals surface area (Å²) >= 11 is 6.08. The van der Waals surface area contributed by atoms with Crippen molar-refractivity contribution < 1.29 is 9.53 Å². The number of ether oxygens (including phenoxy) is 1. The van der Waals surface area contributed by atoms with Crippen LogP contribution in [0.15, 0.2) is 54.6 Å². The molecule has 1 fully saturated rings. The van der Waals surface area contributed by atoms with E-state index in [0.717, 1.165) is 50.5 Å². The van der Waals surface area contributed by atoms with Crippen LogP contribution in [0.2, 0.25) is 5.02 Å². The Morgan fingerprint density at radius 1 is 1.09 bits per heavy atom. The van der Waals surface area contributed by atoms with Crippen LogP contribution in [0, 0.1) is 5.92 Å². The number of methoxy groups -OCH3 is 1. The number of benzene rings is 2. The number of carbonyl (C=O) groups excluding carboxylic acids is 1. The predicted octanol–water partition coefficient (Wildman–Crippen LogP) is 4.71. The number of carbonyl (C=O) groups is 1. The van der Waals surface area contributed by atoms with Crippen LogP contribution in [-0.4, -0.2) is 48.7 Å². The van der Waals surface area contributed by atoms with Gasteiger partial charge in [-0.25, -0.2) is 0 Å². The summed E-state index contributed by atoms with van der Waals surface area (Å²) in [5.41, 5.74) is 3.80. The molecule has 0 radical (unpaired) electrons. The molecular weight excluding hydrogens is 422 g/mol. The molecule has 6 heteroatoms. The van der Waals surface area contributed by atoms with Crippen molar-refractivity contribution in [2.24, 2.45) is 5.92 Å². The van der Waals surface area contributed by atoms with Crippen LogP contribution in [0.25, 0.3) is 10.9 Å². The van der Waals surface area contributed by atoms with Crippen molar-refractivity contribution in [2.45, 2.75) is 32.4 Å². The van der Waals surface area contributed by atoms with E-state index in [4.69, 9.17) is 16.3 Å². The summed E-state index contributed by atoms with van der Waals surface area (Å²) < 4.78 is 7.46. The lowest BCUT2D eigenvalue weighted by atomic mass is 9.96. The second kappa shape index (κ2) is 11.0. The fourth-order valence-corrected chi connectivity index (χ4v) is 4.64. The minimum absolute atomic E-state index is 0.119. The van der Waals surface area contributed by atoms with Gasteiger partial charge < -0.3 is 14.6 Å². The van der Waals surface area contributed by atoms with Gasteiger partial charge in [-0.3, -0.25) is 9.69 Å². The van der Waals surface area contributed by atoms with E-state index < -0.39 is 0 Å². The first-order valence-electron chi connectivity index (χ1n) is 11.4. The highest BCUT2D eigenvalue weighted by Crippen LogP contribution is 2.25. The van der Waals surface area contributed by atoms with Crippen molar-refractivity contribution in [3.63, 3.8) is 0 Å². The molecule has 1 aliphatic rings. The van der Waals surface area contributed by atoms with E-state index in [1.807, 2.05) is 12.1 Å². The lowest BCUT2D eigenvalue weighted by Crippen LogP contribution is -2.40. The molecule has 1 aromatic heterocycles. The summed E-state index contributed by atoms with van der Waals surface area (Å²) in [6, 6.07) is 19.0. The van der Waals surface area contributed by atoms with Crippen LogP contribution in [0.3, 0.4) is 0 Å². The molecule has 5 nitrogen and oxygen atoms in total. The van der Waals surface area contributed by atoms with Crippen LogP contribution in [0.5, 0.6) is 0 Å². The monoisotopic (exact) mass is 453 g/mol. The normalized spacial score (nSPS) is 15.3. The molecule has 1 amide bonds. The van der Waals surface area contributed by atoms with E-state index >= 15 is 0 Å². The van der Waals surface area contributed by atoms with E-state index in [1.165, 1.54) is 22.2 Å². The van der Waals surface area contributed by atoms with Gasteiger partial charge >= 0.3 is 0 Å². The molecule has 1 saturated heterocycles. The number of fused-ring (bicyclic) bond motifs is 1. The van der Waals surface area contributed by atoms with E-state index in [0.29, 0.717) is 13.2 Å². The molecule has 0 atom stereocenters. The molecule has 2 aromatic carbocycles. The van der Waals surface area contributed by atoms with E-state index in [2.05, 4.69) is 57.2 Å². The molecule has 1 N–H and O–H groups in total. The third-order valence-electron chi connectivity index (χ3n) is 6.32. The number of amides is 1. The van der Waals surface area contributed by atoms with Gasteiger partial charge in [0.1, 0.15) is 0 Å². The standard InChI is InChI=1S/C26H32ClN3O2/c1-32-16-4-13-28-26(31)21-11-14-29(15-12-21)19-24-17-22-5-2-3-6-25(22)30(24)18-20-7-9-23(27)10-8-20/h2-3,5-10,17,21H,4,11-16,18-19H2,1H3,(H,28,31). The smallest absolute Gasteiger partial charge is 0.223 e. The number of aromatic nitrogens is 1. The largest absolute Gasteiger partial charge is 0.385 e. The number of nitrogens with zero attached hydrogens (tertiary/aromatic N) is 2. The van der Waals surface area contributed by atoms with Gasteiger partial charge in [-0.15, -0.1) is 0 Å². The number of halogens is 1. The van der Waals surface area contributed by atoms with Gasteiger partial charge in [-0.1, -0.05) is 41.9 Å². The zero-order valence-corrected chi connectivity index (χ0v) is 19.5. The van der Waals surface area contributed by atoms with Gasteiger partial charge in [0.2, 0.25) is 5.91 Å². The van der Waals surface area contributed by atoms with Crippen molar-refractivity contribution in [2.75, 3.05) is 33.4 Å². The van der Waals surface area contributed by atoms with Gasteiger partial charge in [0.25, 0.3) is 0 Å². The van der Waals surface area contributed by atoms with Crippen LogP contribution in [0.1, 0.15) is 30.5 Å². The summed E-state index contributed by atoms with van der Waals surface area (Å²) in [5.74, 6) is 0.311. The number of para-hydroxylation sites is 1. The highest BCUT2D eigenvalue weighted by molar-refractivity contribution is 6.30. The Hall–Kier alpha value is -2.34. The molecule has 1 aliphatic heterocycles. The Bertz CT molecular complexity index is 1020. The molecule has 0 unspecified atom stereocenters. The summed E-state index contributed by atoms with van der Waals surface area (Å²) in [6.07, 6.45) is 2.68. The first-order valence-corrected chi connectivity index (χ1v) is 11.8. The Balaban J connectivity index is 1.40. The van der Waals surface area contributed by atoms with Crippen LogP contribution in [0.4, 0.5) is 0 Å². The Morgan fingerprint density at radius 3 is 2.59 bits per heavy atom. The van der Waals surface area contributed by atoms with E-state index in [-0.39, 0.29) is 11.8 Å². The number of piperidine rings is 1. The maximum absolute atomic E-state index is 12.4. The second-order valence-corrected chi connectivity index (χ2v) is 9.03. The number of likely N-dealkylation sites (tertiary alicyclic amines) is 1. The summed E-state index contributed by atoms with van der Waals surface area (Å²) in [6.45, 7) is 4.97. The van der Waals surface area contributed by atoms with Crippen LogP contribution >= 0.6 is 11.6 Å². The van der Waals surface area contributed by atoms with Crippen molar-refractivity contribution in [1.29, 1.82) is 0 Å². The average molecular weight is 454 g/mol. The van der Waals surface area contributed by atoms with Crippen molar-refractivity contribution in [1.82, 2.24) is 14.8 Å². The maximum atomic E-state index is 12.4. The molecule has 2 heterocycles. The number of nitrogens with one attached hydrogen (secondary N) is 1. The molecule has 3 aromatic rings. The molecule has 170 valence electrons. The molecule has 32 heavy (non-hydrogen) atoms. The highest BCUT2D eigenvalue weighted by atomic mass is 35.5. The molecule has 0 bridgehead atoms. The molecule has 0 aliphatic carbocycles. The summed E-state index contributed by atoms with van der Waals surface area (Å²) in [7, 11) is 1.69. The average Bonchev–Trinajstić information content (AvgIpc) is 3.15. The molecular formula is C26H32ClN3O2. The third kappa shape index (κ3) is 5.71. The summed E-state index contributed by atoms with van der Waals surface area (Å²) in [5, 5.41) is 5.09. The van der Waals surface area contributed by atoms with Crippen LogP contribution in [-0.2, 0) is 22.6 Å². The Labute approximate surface area is 195 Å². The van der Waals surface area contributed by atoms with Gasteiger partial charge in [0.05, 0.1) is 0 Å². The van der Waals surface area contributed by atoms with Gasteiger partial charge in [0, 0.05) is 55.5 Å². The number of rotatable bonds is 9. The van der Waals surface area contributed by atoms with Crippen molar-refractivity contribution in [3.8, 4) is 0 Å². The van der Waals surface area contributed by atoms with Gasteiger partial charge in [-0.05, 0) is 67.6 Å². The lowest BCUT2D eigenvalue weighted by molar-refractivity contribution is -0.126. The topological polar surface area (TPSA) is 46.5 Å². The van der Waals surface area contributed by atoms with E-state index in [1.54, 1.807) is 7.11 Å². The van der Waals surface area contributed by atoms with Gasteiger partial charge in [0.15, 0.2) is 0 Å². The second-order valence-electron chi connectivity index (χ2n) is 8.59. The minimum atomic E-state index is 0.119. The zero-order valence-electron chi connectivity index (χ0n) is 18.7. The fraction of sp³-hybridized carbons (Fsp3) is 0.423. The minimum Gasteiger partial charge on any atom is -0.385 e. The lowest BCUT2D eigenvalue weighted by Gasteiger charge is -2.31.